The molecule has 5 heteroatoms. The molecule has 2 aromatic carbocycles. The highest BCUT2D eigenvalue weighted by atomic mass is 35.5. The fourth-order valence-corrected chi connectivity index (χ4v) is 2.21. The van der Waals surface area contributed by atoms with Crippen molar-refractivity contribution < 1.29 is 8.78 Å². The molecule has 0 atom stereocenters. The minimum atomic E-state index is -0.852. The van der Waals surface area contributed by atoms with Gasteiger partial charge in [0.2, 0.25) is 0 Å². The molecule has 19 heavy (non-hydrogen) atoms. The lowest BCUT2D eigenvalue weighted by Crippen LogP contribution is -2.13. The summed E-state index contributed by atoms with van der Waals surface area (Å²) >= 11 is 12.0. The first-order chi connectivity index (χ1) is 9.08. The van der Waals surface area contributed by atoms with Crippen LogP contribution in [0.3, 0.4) is 0 Å². The molecule has 1 nitrogen and oxygen atoms in total. The molecule has 0 aliphatic rings. The number of benzene rings is 2. The van der Waals surface area contributed by atoms with Gasteiger partial charge >= 0.3 is 0 Å². The summed E-state index contributed by atoms with van der Waals surface area (Å²) in [5, 5.41) is 4.24. The fraction of sp³-hybridized carbons (Fsp3) is 0.143. The standard InChI is InChI=1S/C14H11Cl2F2N/c15-11-2-1-3-12(16)10(11)8-19-7-9-4-5-13(17)14(18)6-9/h1-6,19H,7-8H2. The van der Waals surface area contributed by atoms with E-state index in [0.29, 0.717) is 28.7 Å². The summed E-state index contributed by atoms with van der Waals surface area (Å²) in [6.45, 7) is 0.857. The molecule has 0 heterocycles. The van der Waals surface area contributed by atoms with Crippen LogP contribution in [0, 0.1) is 11.6 Å². The van der Waals surface area contributed by atoms with E-state index in [-0.39, 0.29) is 0 Å². The van der Waals surface area contributed by atoms with E-state index >= 15 is 0 Å². The number of hydrogen-bond acceptors (Lipinski definition) is 1. The molecule has 0 amide bonds. The molecule has 0 bridgehead atoms. The largest absolute Gasteiger partial charge is 0.309 e. The molecule has 0 spiro atoms. The lowest BCUT2D eigenvalue weighted by atomic mass is 10.2. The van der Waals surface area contributed by atoms with Gasteiger partial charge in [-0.05, 0) is 29.8 Å². The van der Waals surface area contributed by atoms with E-state index in [0.717, 1.165) is 17.7 Å². The molecule has 0 aromatic heterocycles. The van der Waals surface area contributed by atoms with Crippen LogP contribution in [0.1, 0.15) is 11.1 Å². The summed E-state index contributed by atoms with van der Waals surface area (Å²) in [5.74, 6) is -1.70. The third kappa shape index (κ3) is 3.66. The van der Waals surface area contributed by atoms with Crippen molar-refractivity contribution in [1.82, 2.24) is 5.32 Å². The first-order valence-corrected chi connectivity index (χ1v) is 6.41. The normalized spacial score (nSPS) is 10.7. The average Bonchev–Trinajstić information content (AvgIpc) is 2.37. The fourth-order valence-electron chi connectivity index (χ4n) is 1.68. The molecule has 2 rings (SSSR count). The van der Waals surface area contributed by atoms with Gasteiger partial charge in [0.05, 0.1) is 0 Å². The van der Waals surface area contributed by atoms with Crippen molar-refractivity contribution in [1.29, 1.82) is 0 Å². The Morgan fingerprint density at radius 1 is 0.895 bits per heavy atom. The molecule has 0 aliphatic carbocycles. The van der Waals surface area contributed by atoms with Crippen molar-refractivity contribution in [2.45, 2.75) is 13.1 Å². The van der Waals surface area contributed by atoms with Crippen molar-refractivity contribution in [2.75, 3.05) is 0 Å². The van der Waals surface area contributed by atoms with Crippen LogP contribution in [-0.4, -0.2) is 0 Å². The second-order valence-corrected chi connectivity index (χ2v) is 4.87. The van der Waals surface area contributed by atoms with E-state index in [4.69, 9.17) is 23.2 Å². The lowest BCUT2D eigenvalue weighted by Gasteiger charge is -2.09. The van der Waals surface area contributed by atoms with E-state index < -0.39 is 11.6 Å². The number of halogens is 4. The first kappa shape index (κ1) is 14.3. The van der Waals surface area contributed by atoms with Crippen LogP contribution >= 0.6 is 23.2 Å². The molecule has 1 N–H and O–H groups in total. The molecule has 2 aromatic rings. The van der Waals surface area contributed by atoms with Gasteiger partial charge in [-0.3, -0.25) is 0 Å². The summed E-state index contributed by atoms with van der Waals surface area (Å²) < 4.78 is 25.8. The van der Waals surface area contributed by atoms with Gasteiger partial charge in [0, 0.05) is 28.7 Å². The Bertz CT molecular complexity index is 567. The molecule has 0 saturated heterocycles. The van der Waals surface area contributed by atoms with Gasteiger partial charge in [0.25, 0.3) is 0 Å². The quantitative estimate of drug-likeness (QED) is 0.873. The molecule has 0 saturated carbocycles. The molecule has 100 valence electrons. The Labute approximate surface area is 120 Å². The maximum Gasteiger partial charge on any atom is 0.159 e. The van der Waals surface area contributed by atoms with E-state index in [1.807, 2.05) is 0 Å². The Kier molecular flexibility index (Phi) is 4.75. The topological polar surface area (TPSA) is 12.0 Å². The summed E-state index contributed by atoms with van der Waals surface area (Å²) in [7, 11) is 0. The highest BCUT2D eigenvalue weighted by Gasteiger charge is 2.06. The molecular weight excluding hydrogens is 291 g/mol. The van der Waals surface area contributed by atoms with Crippen molar-refractivity contribution in [2.24, 2.45) is 0 Å². The molecule has 0 aliphatic heterocycles. The molecule has 0 fully saturated rings. The molecule has 0 unspecified atom stereocenters. The van der Waals surface area contributed by atoms with Crippen LogP contribution in [-0.2, 0) is 13.1 Å². The van der Waals surface area contributed by atoms with E-state index in [2.05, 4.69) is 5.32 Å². The zero-order valence-electron chi connectivity index (χ0n) is 9.89. The number of nitrogens with one attached hydrogen (secondary N) is 1. The van der Waals surface area contributed by atoms with Gasteiger partial charge in [-0.2, -0.15) is 0 Å². The Hall–Kier alpha value is -1.16. The average molecular weight is 302 g/mol. The Morgan fingerprint density at radius 2 is 1.58 bits per heavy atom. The van der Waals surface area contributed by atoms with Crippen LogP contribution in [0.4, 0.5) is 8.78 Å². The minimum Gasteiger partial charge on any atom is -0.309 e. The van der Waals surface area contributed by atoms with E-state index in [1.165, 1.54) is 6.07 Å². The Morgan fingerprint density at radius 3 is 2.21 bits per heavy atom. The number of rotatable bonds is 4. The monoisotopic (exact) mass is 301 g/mol. The second-order valence-electron chi connectivity index (χ2n) is 4.05. The third-order valence-corrected chi connectivity index (χ3v) is 3.38. The zero-order valence-corrected chi connectivity index (χ0v) is 11.4. The van der Waals surface area contributed by atoms with Crippen molar-refractivity contribution >= 4 is 23.2 Å². The van der Waals surface area contributed by atoms with Crippen molar-refractivity contribution in [3.05, 3.63) is 69.2 Å². The summed E-state index contributed by atoms with van der Waals surface area (Å²) in [6.07, 6.45) is 0. The highest BCUT2D eigenvalue weighted by molar-refractivity contribution is 6.35. The van der Waals surface area contributed by atoms with Gasteiger partial charge in [0.15, 0.2) is 11.6 Å². The van der Waals surface area contributed by atoms with Gasteiger partial charge in [-0.25, -0.2) is 8.78 Å². The second kappa shape index (κ2) is 6.33. The lowest BCUT2D eigenvalue weighted by molar-refractivity contribution is 0.506. The smallest absolute Gasteiger partial charge is 0.159 e. The van der Waals surface area contributed by atoms with Crippen molar-refractivity contribution in [3.8, 4) is 0 Å². The van der Waals surface area contributed by atoms with Crippen LogP contribution < -0.4 is 5.32 Å². The van der Waals surface area contributed by atoms with E-state index in [1.54, 1.807) is 18.2 Å². The molecular formula is C14H11Cl2F2N. The number of hydrogen-bond donors (Lipinski definition) is 1. The van der Waals surface area contributed by atoms with Gasteiger partial charge in [0.1, 0.15) is 0 Å². The minimum absolute atomic E-state index is 0.402. The maximum absolute atomic E-state index is 13.0. The third-order valence-electron chi connectivity index (χ3n) is 2.68. The van der Waals surface area contributed by atoms with Crippen molar-refractivity contribution in [3.63, 3.8) is 0 Å². The summed E-state index contributed by atoms with van der Waals surface area (Å²) in [6, 6.07) is 9.07. The molecule has 0 radical (unpaired) electrons. The predicted molar refractivity (Wildman–Crippen MR) is 73.4 cm³/mol. The van der Waals surface area contributed by atoms with Gasteiger partial charge < -0.3 is 5.32 Å². The highest BCUT2D eigenvalue weighted by Crippen LogP contribution is 2.23. The Balaban J connectivity index is 1.98. The van der Waals surface area contributed by atoms with Gasteiger partial charge in [-0.15, -0.1) is 0 Å². The SMILES string of the molecule is Fc1ccc(CNCc2c(Cl)cccc2Cl)cc1F. The van der Waals surface area contributed by atoms with Crippen LogP contribution in [0.5, 0.6) is 0 Å². The van der Waals surface area contributed by atoms with Crippen LogP contribution in [0.25, 0.3) is 0 Å². The van der Waals surface area contributed by atoms with Crippen LogP contribution in [0.2, 0.25) is 10.0 Å². The zero-order chi connectivity index (χ0) is 13.8. The van der Waals surface area contributed by atoms with Gasteiger partial charge in [-0.1, -0.05) is 35.3 Å². The summed E-state index contributed by atoms with van der Waals surface area (Å²) in [5.41, 5.74) is 1.44. The maximum atomic E-state index is 13.0. The first-order valence-electron chi connectivity index (χ1n) is 5.65. The van der Waals surface area contributed by atoms with E-state index in [9.17, 15) is 8.78 Å². The predicted octanol–water partition coefficient (Wildman–Crippen LogP) is 4.56. The summed E-state index contributed by atoms with van der Waals surface area (Å²) in [4.78, 5) is 0. The van der Waals surface area contributed by atoms with Crippen LogP contribution in [0.15, 0.2) is 36.4 Å².